The molecule has 0 saturated heterocycles. The zero-order chi connectivity index (χ0) is 41.0. The smallest absolute Gasteiger partial charge is 0.179 e. The zero-order valence-corrected chi connectivity index (χ0v) is 36.3. The normalized spacial score (nSPS) is 21.4. The third kappa shape index (κ3) is 6.10. The first-order chi connectivity index (χ1) is 30.0. The lowest BCUT2D eigenvalue weighted by Crippen LogP contribution is -2.74. The summed E-state index contributed by atoms with van der Waals surface area (Å²) >= 11 is 0. The van der Waals surface area contributed by atoms with Crippen LogP contribution in [0.2, 0.25) is 0 Å². The summed E-state index contributed by atoms with van der Waals surface area (Å²) in [5, 5.41) is 5.55. The average Bonchev–Trinajstić information content (AvgIpc) is 3.61. The first kappa shape index (κ1) is 37.8. The second-order valence-corrected chi connectivity index (χ2v) is 22.1. The highest BCUT2D eigenvalue weighted by Crippen LogP contribution is 2.64. The SMILES string of the molecule is C[C@H]1C[C@@H]2C[C@H](C1)C1(c3ccccc3-c3cc(N(c4ccccc4)c4ccc(-c5ccc([Si](c6ccccc6)(c6ccccc6)c6ccccc6)cc5)cc4)ccc31)[C@H](C)C2. The van der Waals surface area contributed by atoms with E-state index < -0.39 is 8.07 Å². The van der Waals surface area contributed by atoms with Crippen molar-refractivity contribution in [2.24, 2.45) is 23.7 Å². The maximum absolute atomic E-state index is 2.59. The first-order valence-corrected chi connectivity index (χ1v) is 24.5. The third-order valence-corrected chi connectivity index (χ3v) is 19.7. The van der Waals surface area contributed by atoms with E-state index in [1.54, 1.807) is 11.1 Å². The van der Waals surface area contributed by atoms with Crippen LogP contribution in [-0.4, -0.2) is 8.07 Å². The Morgan fingerprint density at radius 3 is 1.49 bits per heavy atom. The summed E-state index contributed by atoms with van der Waals surface area (Å²) in [5.74, 6) is 2.98. The Morgan fingerprint density at radius 2 is 0.885 bits per heavy atom. The van der Waals surface area contributed by atoms with Crippen molar-refractivity contribution >= 4 is 45.9 Å². The van der Waals surface area contributed by atoms with Crippen LogP contribution in [-0.2, 0) is 5.41 Å². The molecule has 0 aliphatic heterocycles. The molecule has 61 heavy (non-hydrogen) atoms. The molecule has 3 aliphatic rings. The van der Waals surface area contributed by atoms with Gasteiger partial charge in [0.25, 0.3) is 0 Å². The van der Waals surface area contributed by atoms with Gasteiger partial charge in [0.2, 0.25) is 0 Å². The topological polar surface area (TPSA) is 3.24 Å². The predicted molar refractivity (Wildman–Crippen MR) is 260 cm³/mol. The number of benzene rings is 8. The lowest BCUT2D eigenvalue weighted by atomic mass is 9.49. The number of hydrogen-bond donors (Lipinski definition) is 0. The van der Waals surface area contributed by atoms with Crippen LogP contribution in [0.4, 0.5) is 17.1 Å². The maximum Gasteiger partial charge on any atom is 0.179 e. The van der Waals surface area contributed by atoms with Crippen molar-refractivity contribution in [3.05, 3.63) is 223 Å². The molecule has 0 aromatic heterocycles. The van der Waals surface area contributed by atoms with Gasteiger partial charge in [-0.3, -0.25) is 0 Å². The first-order valence-electron chi connectivity index (χ1n) is 22.5. The summed E-state index contributed by atoms with van der Waals surface area (Å²) in [6, 6.07) is 80.0. The van der Waals surface area contributed by atoms with E-state index >= 15 is 0 Å². The van der Waals surface area contributed by atoms with Gasteiger partial charge in [0, 0.05) is 22.5 Å². The lowest BCUT2D eigenvalue weighted by molar-refractivity contribution is 0.0426. The van der Waals surface area contributed by atoms with Gasteiger partial charge >= 0.3 is 0 Å². The molecule has 0 amide bonds. The second kappa shape index (κ2) is 15.4. The number of para-hydroxylation sites is 1. The van der Waals surface area contributed by atoms with Crippen molar-refractivity contribution in [2.75, 3.05) is 4.90 Å². The van der Waals surface area contributed by atoms with E-state index in [0.29, 0.717) is 11.8 Å². The number of hydrogen-bond acceptors (Lipinski definition) is 1. The molecule has 3 aliphatic carbocycles. The fraction of sp³-hybridized carbons (Fsp3) is 0.186. The lowest BCUT2D eigenvalue weighted by Gasteiger charge is -2.54. The molecule has 1 nitrogen and oxygen atoms in total. The Kier molecular flexibility index (Phi) is 9.50. The van der Waals surface area contributed by atoms with Gasteiger partial charge < -0.3 is 4.90 Å². The van der Waals surface area contributed by atoms with E-state index in [-0.39, 0.29) is 5.41 Å². The summed E-state index contributed by atoms with van der Waals surface area (Å²) in [4.78, 5) is 2.45. The second-order valence-electron chi connectivity index (χ2n) is 18.3. The van der Waals surface area contributed by atoms with Crippen LogP contribution in [0.25, 0.3) is 22.3 Å². The van der Waals surface area contributed by atoms with Crippen LogP contribution < -0.4 is 25.6 Å². The number of fused-ring (bicyclic) bond motifs is 8. The van der Waals surface area contributed by atoms with Crippen molar-refractivity contribution in [2.45, 2.75) is 44.9 Å². The van der Waals surface area contributed by atoms with Gasteiger partial charge in [0.1, 0.15) is 0 Å². The molecule has 1 unspecified atom stereocenters. The Bertz CT molecular complexity index is 2680. The molecule has 2 bridgehead atoms. The molecular formula is C59H53NSi. The highest BCUT2D eigenvalue weighted by Gasteiger charge is 2.56. The average molecular weight is 804 g/mol. The standard InChI is InChI=1S/C59H53NSi/c1-42-37-44-39-43(2)59(47(38-42)40-44)57-26-16-15-25-55(57)56-41-50(33-36-58(56)59)60(48-17-7-3-8-18-48)49-31-27-45(28-32-49)46-29-34-54(35-30-46)61(51-19-9-4-10-20-51,52-21-11-5-12-22-52)53-23-13-6-14-24-53/h3-36,41-44,47H,37-40H2,1-2H3/t42-,43+,44-,47-,59?/m0/s1. The van der Waals surface area contributed by atoms with E-state index in [1.807, 2.05) is 0 Å². The predicted octanol–water partition coefficient (Wildman–Crippen LogP) is 12.6. The highest BCUT2D eigenvalue weighted by atomic mass is 28.3. The Balaban J connectivity index is 0.976. The van der Waals surface area contributed by atoms with Crippen molar-refractivity contribution in [1.82, 2.24) is 0 Å². The van der Waals surface area contributed by atoms with Crippen molar-refractivity contribution < 1.29 is 0 Å². The molecule has 0 heterocycles. The molecule has 0 N–H and O–H groups in total. The molecule has 1 spiro atoms. The van der Waals surface area contributed by atoms with Crippen LogP contribution in [0.15, 0.2) is 212 Å². The molecule has 0 radical (unpaired) electrons. The van der Waals surface area contributed by atoms with E-state index in [2.05, 4.69) is 231 Å². The Morgan fingerprint density at radius 1 is 0.410 bits per heavy atom. The van der Waals surface area contributed by atoms with Crippen LogP contribution >= 0.6 is 0 Å². The number of nitrogens with zero attached hydrogens (tertiary/aromatic N) is 1. The van der Waals surface area contributed by atoms with Crippen LogP contribution in [0, 0.1) is 23.7 Å². The summed E-state index contributed by atoms with van der Waals surface area (Å²) in [7, 11) is -2.59. The van der Waals surface area contributed by atoms with Gasteiger partial charge in [-0.05, 0) is 140 Å². The van der Waals surface area contributed by atoms with Gasteiger partial charge in [0.15, 0.2) is 8.07 Å². The molecule has 2 heteroatoms. The Hall–Kier alpha value is -6.22. The van der Waals surface area contributed by atoms with Gasteiger partial charge in [-0.2, -0.15) is 0 Å². The van der Waals surface area contributed by atoms with Crippen molar-refractivity contribution in [3.63, 3.8) is 0 Å². The fourth-order valence-electron chi connectivity index (χ4n) is 12.7. The number of rotatable bonds is 8. The quantitative estimate of drug-likeness (QED) is 0.109. The van der Waals surface area contributed by atoms with E-state index in [9.17, 15) is 0 Å². The summed E-state index contributed by atoms with van der Waals surface area (Å²) in [5.41, 5.74) is 12.1. The summed E-state index contributed by atoms with van der Waals surface area (Å²) in [6.45, 7) is 5.07. The maximum atomic E-state index is 2.56. The largest absolute Gasteiger partial charge is 0.310 e. The molecule has 8 aromatic carbocycles. The van der Waals surface area contributed by atoms with Gasteiger partial charge in [-0.25, -0.2) is 0 Å². The minimum atomic E-state index is -2.59. The monoisotopic (exact) mass is 803 g/mol. The molecule has 298 valence electrons. The van der Waals surface area contributed by atoms with Crippen LogP contribution in [0.5, 0.6) is 0 Å². The minimum Gasteiger partial charge on any atom is -0.310 e. The third-order valence-electron chi connectivity index (χ3n) is 14.9. The molecule has 2 saturated carbocycles. The fourth-order valence-corrected chi connectivity index (χ4v) is 17.4. The molecule has 8 aromatic rings. The van der Waals surface area contributed by atoms with E-state index in [4.69, 9.17) is 0 Å². The van der Waals surface area contributed by atoms with Gasteiger partial charge in [-0.1, -0.05) is 190 Å². The number of anilines is 3. The molecular weight excluding hydrogens is 751 g/mol. The van der Waals surface area contributed by atoms with Crippen molar-refractivity contribution in [1.29, 1.82) is 0 Å². The van der Waals surface area contributed by atoms with Crippen LogP contribution in [0.1, 0.15) is 50.7 Å². The van der Waals surface area contributed by atoms with Crippen molar-refractivity contribution in [3.8, 4) is 22.3 Å². The summed E-state index contributed by atoms with van der Waals surface area (Å²) < 4.78 is 0. The van der Waals surface area contributed by atoms with Gasteiger partial charge in [-0.15, -0.1) is 0 Å². The molecule has 11 rings (SSSR count). The highest BCUT2D eigenvalue weighted by molar-refractivity contribution is 7.19. The minimum absolute atomic E-state index is 0.0931. The Labute approximate surface area is 363 Å². The molecule has 2 fully saturated rings. The van der Waals surface area contributed by atoms with Crippen LogP contribution in [0.3, 0.4) is 0 Å². The summed E-state index contributed by atoms with van der Waals surface area (Å²) in [6.07, 6.45) is 5.43. The van der Waals surface area contributed by atoms with Gasteiger partial charge in [0.05, 0.1) is 0 Å². The zero-order valence-electron chi connectivity index (χ0n) is 35.3. The van der Waals surface area contributed by atoms with E-state index in [1.165, 1.54) is 80.1 Å². The van der Waals surface area contributed by atoms with E-state index in [0.717, 1.165) is 17.5 Å². The molecule has 5 atom stereocenters.